The molecule has 28 heavy (non-hydrogen) atoms. The van der Waals surface area contributed by atoms with Crippen molar-refractivity contribution in [3.05, 3.63) is 54.0 Å². The Hall–Kier alpha value is -2.65. The van der Waals surface area contributed by atoms with Crippen LogP contribution in [-0.4, -0.2) is 44.2 Å². The summed E-state index contributed by atoms with van der Waals surface area (Å²) in [7, 11) is -3.58. The van der Waals surface area contributed by atoms with Crippen molar-refractivity contribution in [3.8, 4) is 0 Å². The number of nitrogens with zero attached hydrogens (tertiary/aromatic N) is 1. The van der Waals surface area contributed by atoms with E-state index >= 15 is 0 Å². The van der Waals surface area contributed by atoms with Crippen LogP contribution in [0.3, 0.4) is 0 Å². The highest BCUT2D eigenvalue weighted by Crippen LogP contribution is 2.16. The summed E-state index contributed by atoms with van der Waals surface area (Å²) in [5.74, 6) is -0.213. The molecule has 0 radical (unpaired) electrons. The number of sulfonamides is 1. The van der Waals surface area contributed by atoms with E-state index < -0.39 is 15.9 Å². The van der Waals surface area contributed by atoms with Gasteiger partial charge in [0, 0.05) is 18.7 Å². The summed E-state index contributed by atoms with van der Waals surface area (Å²) in [6, 6.07) is 8.79. The van der Waals surface area contributed by atoms with Crippen LogP contribution in [0.2, 0.25) is 0 Å². The Bertz CT molecular complexity index is 888. The molecule has 1 aromatic heterocycles. The molecular weight excluding hydrogens is 382 g/mol. The second kappa shape index (κ2) is 9.52. The van der Waals surface area contributed by atoms with Crippen LogP contribution in [0.1, 0.15) is 42.9 Å². The van der Waals surface area contributed by atoms with Crippen LogP contribution in [0.4, 0.5) is 0 Å². The number of carbonyl (C=O) groups is 2. The molecule has 1 atom stereocenters. The maximum Gasteiger partial charge on any atom is 0.251 e. The van der Waals surface area contributed by atoms with Gasteiger partial charge in [0.25, 0.3) is 5.91 Å². The predicted octanol–water partition coefficient (Wildman–Crippen LogP) is 1.92. The minimum atomic E-state index is -3.58. The number of hydrogen-bond acceptors (Lipinski definition) is 5. The molecule has 0 aliphatic heterocycles. The van der Waals surface area contributed by atoms with Gasteiger partial charge < -0.3 is 15.1 Å². The number of nitrogens with one attached hydrogen (secondary N) is 2. The van der Waals surface area contributed by atoms with Crippen LogP contribution < -0.4 is 10.6 Å². The van der Waals surface area contributed by atoms with Gasteiger partial charge in [-0.3, -0.25) is 9.59 Å². The van der Waals surface area contributed by atoms with Crippen molar-refractivity contribution in [2.24, 2.45) is 0 Å². The molecule has 2 amide bonds. The summed E-state index contributed by atoms with van der Waals surface area (Å²) in [4.78, 5) is 24.3. The highest BCUT2D eigenvalue weighted by molar-refractivity contribution is 7.89. The summed E-state index contributed by atoms with van der Waals surface area (Å²) in [5, 5.41) is 5.22. The van der Waals surface area contributed by atoms with Gasteiger partial charge in [0.1, 0.15) is 5.76 Å². The quantitative estimate of drug-likeness (QED) is 0.660. The van der Waals surface area contributed by atoms with Gasteiger partial charge in [-0.05, 0) is 43.3 Å². The fraction of sp³-hybridized carbons (Fsp3) is 0.368. The molecule has 2 rings (SSSR count). The van der Waals surface area contributed by atoms with Crippen molar-refractivity contribution < 1.29 is 22.4 Å². The lowest BCUT2D eigenvalue weighted by molar-refractivity contribution is -0.120. The maximum absolute atomic E-state index is 12.5. The molecule has 0 aliphatic carbocycles. The zero-order chi connectivity index (χ0) is 20.7. The summed E-state index contributed by atoms with van der Waals surface area (Å²) in [6.07, 6.45) is 1.52. The van der Waals surface area contributed by atoms with Crippen LogP contribution in [0, 0.1) is 0 Å². The third-order valence-electron chi connectivity index (χ3n) is 4.22. The Labute approximate surface area is 165 Å². The summed E-state index contributed by atoms with van der Waals surface area (Å²) >= 11 is 0. The average molecular weight is 407 g/mol. The SMILES string of the molecule is CCN(CC)S(=O)(=O)c1ccc(C(=O)NCC(=O)N[C@H](C)c2ccco2)cc1. The smallest absolute Gasteiger partial charge is 0.251 e. The van der Waals surface area contributed by atoms with E-state index in [2.05, 4.69) is 10.6 Å². The first-order valence-electron chi connectivity index (χ1n) is 9.00. The van der Waals surface area contributed by atoms with E-state index in [0.29, 0.717) is 18.8 Å². The number of rotatable bonds is 9. The van der Waals surface area contributed by atoms with Gasteiger partial charge in [-0.2, -0.15) is 4.31 Å². The maximum atomic E-state index is 12.5. The van der Waals surface area contributed by atoms with E-state index in [4.69, 9.17) is 4.42 Å². The zero-order valence-corrected chi connectivity index (χ0v) is 17.0. The van der Waals surface area contributed by atoms with Gasteiger partial charge in [0.2, 0.25) is 15.9 Å². The molecule has 0 saturated heterocycles. The lowest BCUT2D eigenvalue weighted by Gasteiger charge is -2.18. The second-order valence-electron chi connectivity index (χ2n) is 6.10. The summed E-state index contributed by atoms with van der Waals surface area (Å²) < 4.78 is 31.5. The number of furan rings is 1. The lowest BCUT2D eigenvalue weighted by atomic mass is 10.2. The molecule has 0 unspecified atom stereocenters. The fourth-order valence-electron chi connectivity index (χ4n) is 2.65. The molecule has 0 bridgehead atoms. The van der Waals surface area contributed by atoms with Gasteiger partial charge >= 0.3 is 0 Å². The van der Waals surface area contributed by atoms with Gasteiger partial charge in [-0.25, -0.2) is 8.42 Å². The van der Waals surface area contributed by atoms with E-state index in [0.717, 1.165) is 0 Å². The summed E-state index contributed by atoms with van der Waals surface area (Å²) in [6.45, 7) is 5.83. The highest BCUT2D eigenvalue weighted by Gasteiger charge is 2.21. The van der Waals surface area contributed by atoms with Crippen molar-refractivity contribution in [1.82, 2.24) is 14.9 Å². The minimum absolute atomic E-state index is 0.123. The van der Waals surface area contributed by atoms with Crippen LogP contribution in [0.15, 0.2) is 52.0 Å². The topological polar surface area (TPSA) is 109 Å². The highest BCUT2D eigenvalue weighted by atomic mass is 32.2. The van der Waals surface area contributed by atoms with Crippen LogP contribution in [0.5, 0.6) is 0 Å². The Morgan fingerprint density at radius 3 is 2.29 bits per heavy atom. The number of carbonyl (C=O) groups excluding carboxylic acids is 2. The van der Waals surface area contributed by atoms with Gasteiger partial charge in [0.15, 0.2) is 0 Å². The van der Waals surface area contributed by atoms with Crippen molar-refractivity contribution in [1.29, 1.82) is 0 Å². The molecule has 1 aromatic carbocycles. The largest absolute Gasteiger partial charge is 0.467 e. The molecule has 0 fully saturated rings. The number of benzene rings is 1. The number of amides is 2. The zero-order valence-electron chi connectivity index (χ0n) is 16.1. The Balaban J connectivity index is 1.93. The van der Waals surface area contributed by atoms with Crippen molar-refractivity contribution in [3.63, 3.8) is 0 Å². The average Bonchev–Trinajstić information content (AvgIpc) is 3.22. The molecule has 2 aromatic rings. The third kappa shape index (κ3) is 5.20. The molecule has 152 valence electrons. The summed E-state index contributed by atoms with van der Waals surface area (Å²) in [5.41, 5.74) is 0.269. The Kier molecular flexibility index (Phi) is 7.36. The first-order chi connectivity index (χ1) is 13.3. The molecule has 8 nitrogen and oxygen atoms in total. The van der Waals surface area contributed by atoms with E-state index in [1.165, 1.54) is 34.8 Å². The van der Waals surface area contributed by atoms with E-state index in [1.54, 1.807) is 32.9 Å². The molecular formula is C19H25N3O5S. The molecule has 1 heterocycles. The van der Waals surface area contributed by atoms with Crippen LogP contribution in [-0.2, 0) is 14.8 Å². The van der Waals surface area contributed by atoms with Crippen molar-refractivity contribution in [2.75, 3.05) is 19.6 Å². The molecule has 0 aliphatic rings. The lowest BCUT2D eigenvalue weighted by Crippen LogP contribution is -2.38. The predicted molar refractivity (Wildman–Crippen MR) is 104 cm³/mol. The Morgan fingerprint density at radius 2 is 1.75 bits per heavy atom. The van der Waals surface area contributed by atoms with Crippen LogP contribution in [0.25, 0.3) is 0 Å². The molecule has 0 spiro atoms. The van der Waals surface area contributed by atoms with E-state index in [9.17, 15) is 18.0 Å². The standard InChI is InChI=1S/C19H25N3O5S/c1-4-22(5-2)28(25,26)16-10-8-15(9-11-16)19(24)20-13-18(23)21-14(3)17-7-6-12-27-17/h6-12,14H,4-5,13H2,1-3H3,(H,20,24)(H,21,23)/t14-/m1/s1. The fourth-order valence-corrected chi connectivity index (χ4v) is 4.11. The first-order valence-corrected chi connectivity index (χ1v) is 10.4. The van der Waals surface area contributed by atoms with Crippen LogP contribution >= 0.6 is 0 Å². The first kappa shape index (κ1) is 21.6. The van der Waals surface area contributed by atoms with E-state index in [1.807, 2.05) is 0 Å². The second-order valence-corrected chi connectivity index (χ2v) is 8.04. The van der Waals surface area contributed by atoms with Gasteiger partial charge in [0.05, 0.1) is 23.7 Å². The van der Waals surface area contributed by atoms with Gasteiger partial charge in [-0.1, -0.05) is 13.8 Å². The number of hydrogen-bond donors (Lipinski definition) is 2. The Morgan fingerprint density at radius 1 is 1.11 bits per heavy atom. The monoisotopic (exact) mass is 407 g/mol. The third-order valence-corrected chi connectivity index (χ3v) is 6.28. The van der Waals surface area contributed by atoms with Gasteiger partial charge in [-0.15, -0.1) is 0 Å². The van der Waals surface area contributed by atoms with Crippen molar-refractivity contribution >= 4 is 21.8 Å². The molecule has 0 saturated carbocycles. The normalized spacial score (nSPS) is 12.6. The van der Waals surface area contributed by atoms with E-state index in [-0.39, 0.29) is 29.0 Å². The van der Waals surface area contributed by atoms with Crippen molar-refractivity contribution in [2.45, 2.75) is 31.7 Å². The minimum Gasteiger partial charge on any atom is -0.467 e. The molecule has 2 N–H and O–H groups in total. The molecule has 9 heteroatoms.